The fourth-order valence-electron chi connectivity index (χ4n) is 4.05. The summed E-state index contributed by atoms with van der Waals surface area (Å²) < 4.78 is 48.8. The molecule has 2 heterocycles. The van der Waals surface area contributed by atoms with E-state index in [9.17, 15) is 22.8 Å². The van der Waals surface area contributed by atoms with Crippen molar-refractivity contribution >= 4 is 38.5 Å². The third-order valence-electron chi connectivity index (χ3n) is 6.15. The van der Waals surface area contributed by atoms with E-state index in [1.165, 1.54) is 36.6 Å². The SMILES string of the molecule is COc1ncc(-c2ccc3nc(NC(=O)C4CC4)sc3c2)cc1C(=O)N[C@H](C)c1ccccc1OC(F)(F)F. The number of hydrogen-bond acceptors (Lipinski definition) is 7. The average molecular weight is 557 g/mol. The molecule has 2 aromatic carbocycles. The third-order valence-corrected chi connectivity index (χ3v) is 7.08. The first kappa shape index (κ1) is 26.4. The van der Waals surface area contributed by atoms with Gasteiger partial charge in [-0.3, -0.25) is 9.59 Å². The lowest BCUT2D eigenvalue weighted by Gasteiger charge is -2.19. The molecule has 1 aliphatic carbocycles. The summed E-state index contributed by atoms with van der Waals surface area (Å²) in [6, 6.07) is 11.9. The highest BCUT2D eigenvalue weighted by Crippen LogP contribution is 2.35. The second kappa shape index (κ2) is 10.5. The van der Waals surface area contributed by atoms with E-state index < -0.39 is 24.1 Å². The van der Waals surface area contributed by atoms with E-state index >= 15 is 0 Å². The molecule has 0 aliphatic heterocycles. The number of rotatable bonds is 8. The number of fused-ring (bicyclic) bond motifs is 1. The summed E-state index contributed by atoms with van der Waals surface area (Å²) in [7, 11) is 1.37. The van der Waals surface area contributed by atoms with Crippen LogP contribution in [-0.2, 0) is 4.79 Å². The minimum atomic E-state index is -4.87. The van der Waals surface area contributed by atoms with Crippen LogP contribution in [0.3, 0.4) is 0 Å². The summed E-state index contributed by atoms with van der Waals surface area (Å²) in [6.07, 6.45) is -1.52. The number of carbonyl (C=O) groups excluding carboxylic acids is 2. The first-order chi connectivity index (χ1) is 18.6. The van der Waals surface area contributed by atoms with Crippen molar-refractivity contribution < 1.29 is 32.2 Å². The number of ether oxygens (including phenoxy) is 2. The molecule has 1 aliphatic rings. The van der Waals surface area contributed by atoms with Gasteiger partial charge in [-0.05, 0) is 49.6 Å². The predicted octanol–water partition coefficient (Wildman–Crippen LogP) is 6.11. The molecule has 202 valence electrons. The van der Waals surface area contributed by atoms with Crippen LogP contribution in [0.2, 0.25) is 0 Å². The Kier molecular flexibility index (Phi) is 7.13. The van der Waals surface area contributed by atoms with Gasteiger partial charge in [0.15, 0.2) is 5.13 Å². The fourth-order valence-corrected chi connectivity index (χ4v) is 4.96. The summed E-state index contributed by atoms with van der Waals surface area (Å²) in [5.41, 5.74) is 2.37. The highest BCUT2D eigenvalue weighted by Gasteiger charge is 2.33. The average Bonchev–Trinajstić information content (AvgIpc) is 3.67. The van der Waals surface area contributed by atoms with Crippen LogP contribution in [0.25, 0.3) is 21.3 Å². The molecule has 0 bridgehead atoms. The maximum atomic E-state index is 13.2. The second-order valence-corrected chi connectivity index (χ2v) is 10.1. The molecular weight excluding hydrogens is 533 g/mol. The molecule has 12 heteroatoms. The number of amides is 2. The Morgan fingerprint density at radius 2 is 1.87 bits per heavy atom. The molecule has 2 aromatic heterocycles. The number of anilines is 1. The molecule has 2 amide bonds. The van der Waals surface area contributed by atoms with Crippen molar-refractivity contribution in [3.63, 3.8) is 0 Å². The van der Waals surface area contributed by atoms with E-state index in [0.717, 1.165) is 28.6 Å². The summed E-state index contributed by atoms with van der Waals surface area (Å²) in [5, 5.41) is 6.08. The molecule has 0 unspecified atom stereocenters. The van der Waals surface area contributed by atoms with E-state index in [-0.39, 0.29) is 28.8 Å². The normalized spacial score (nSPS) is 14.1. The van der Waals surface area contributed by atoms with Crippen molar-refractivity contribution in [1.82, 2.24) is 15.3 Å². The molecule has 5 rings (SSSR count). The topological polar surface area (TPSA) is 102 Å². The maximum absolute atomic E-state index is 13.2. The monoisotopic (exact) mass is 556 g/mol. The fraction of sp³-hybridized carbons (Fsp3) is 0.259. The lowest BCUT2D eigenvalue weighted by molar-refractivity contribution is -0.275. The van der Waals surface area contributed by atoms with Crippen LogP contribution in [0.1, 0.15) is 41.7 Å². The van der Waals surface area contributed by atoms with Crippen LogP contribution >= 0.6 is 11.3 Å². The van der Waals surface area contributed by atoms with Crippen molar-refractivity contribution in [2.45, 2.75) is 32.2 Å². The van der Waals surface area contributed by atoms with E-state index in [4.69, 9.17) is 4.74 Å². The Hall–Kier alpha value is -4.19. The molecule has 1 fully saturated rings. The first-order valence-corrected chi connectivity index (χ1v) is 12.8. The molecule has 0 spiro atoms. The molecular formula is C27H23F3N4O4S. The van der Waals surface area contributed by atoms with Crippen molar-refractivity contribution in [3.05, 3.63) is 65.9 Å². The zero-order valence-electron chi connectivity index (χ0n) is 20.8. The van der Waals surface area contributed by atoms with Gasteiger partial charge in [-0.2, -0.15) is 0 Å². The number of alkyl halides is 3. The van der Waals surface area contributed by atoms with Gasteiger partial charge in [-0.15, -0.1) is 13.2 Å². The minimum absolute atomic E-state index is 0.0221. The lowest BCUT2D eigenvalue weighted by atomic mass is 10.0. The largest absolute Gasteiger partial charge is 0.573 e. The Bertz CT molecular complexity index is 1550. The number of carbonyl (C=O) groups is 2. The van der Waals surface area contributed by atoms with Crippen LogP contribution in [0.15, 0.2) is 54.7 Å². The van der Waals surface area contributed by atoms with E-state index in [2.05, 4.69) is 25.3 Å². The van der Waals surface area contributed by atoms with Gasteiger partial charge in [-0.1, -0.05) is 35.6 Å². The Morgan fingerprint density at radius 1 is 1.10 bits per heavy atom. The van der Waals surface area contributed by atoms with E-state index in [0.29, 0.717) is 10.7 Å². The molecule has 0 radical (unpaired) electrons. The molecule has 1 saturated carbocycles. The van der Waals surface area contributed by atoms with Crippen molar-refractivity contribution in [2.75, 3.05) is 12.4 Å². The molecule has 0 saturated heterocycles. The van der Waals surface area contributed by atoms with Gasteiger partial charge in [0.25, 0.3) is 5.91 Å². The Morgan fingerprint density at radius 3 is 2.59 bits per heavy atom. The van der Waals surface area contributed by atoms with Gasteiger partial charge in [0.2, 0.25) is 11.8 Å². The maximum Gasteiger partial charge on any atom is 0.573 e. The number of aromatic nitrogens is 2. The number of nitrogens with one attached hydrogen (secondary N) is 2. The number of thiazole rings is 1. The van der Waals surface area contributed by atoms with Crippen molar-refractivity contribution in [1.29, 1.82) is 0 Å². The quantitative estimate of drug-likeness (QED) is 0.272. The van der Waals surface area contributed by atoms with Gasteiger partial charge in [0.05, 0.1) is 23.4 Å². The molecule has 8 nitrogen and oxygen atoms in total. The number of hydrogen-bond donors (Lipinski definition) is 2. The standard InChI is InChI=1S/C27H23F3N4O4S/c1-14(18-5-3-4-6-21(18)38-27(28,29)30)32-24(36)19-11-17(13-31-25(19)37-2)16-9-10-20-22(12-16)39-26(33-20)34-23(35)15-7-8-15/h3-6,9-15H,7-8H2,1-2H3,(H,32,36)(H,33,34,35)/t14-/m1/s1. The zero-order valence-corrected chi connectivity index (χ0v) is 21.7. The Labute approximate surface area is 225 Å². The number of halogens is 3. The van der Waals surface area contributed by atoms with Crippen LogP contribution in [0, 0.1) is 5.92 Å². The van der Waals surface area contributed by atoms with Crippen LogP contribution < -0.4 is 20.1 Å². The van der Waals surface area contributed by atoms with Gasteiger partial charge in [-0.25, -0.2) is 9.97 Å². The number of nitrogens with zero attached hydrogens (tertiary/aromatic N) is 2. The highest BCUT2D eigenvalue weighted by molar-refractivity contribution is 7.22. The Balaban J connectivity index is 1.39. The lowest BCUT2D eigenvalue weighted by Crippen LogP contribution is -2.28. The smallest absolute Gasteiger partial charge is 0.480 e. The number of para-hydroxylation sites is 1. The van der Waals surface area contributed by atoms with Crippen LogP contribution in [0.5, 0.6) is 11.6 Å². The first-order valence-electron chi connectivity index (χ1n) is 12.0. The number of methoxy groups -OCH3 is 1. The van der Waals surface area contributed by atoms with Crippen molar-refractivity contribution in [2.24, 2.45) is 5.92 Å². The third kappa shape index (κ3) is 6.11. The van der Waals surface area contributed by atoms with Gasteiger partial charge >= 0.3 is 6.36 Å². The predicted molar refractivity (Wildman–Crippen MR) is 140 cm³/mol. The highest BCUT2D eigenvalue weighted by atomic mass is 32.1. The number of benzene rings is 2. The van der Waals surface area contributed by atoms with Gasteiger partial charge in [0, 0.05) is 23.2 Å². The molecule has 2 N–H and O–H groups in total. The van der Waals surface area contributed by atoms with Gasteiger partial charge in [0.1, 0.15) is 11.3 Å². The minimum Gasteiger partial charge on any atom is -0.480 e. The molecule has 1 atom stereocenters. The zero-order chi connectivity index (χ0) is 27.7. The summed E-state index contributed by atoms with van der Waals surface area (Å²) in [6.45, 7) is 1.55. The van der Waals surface area contributed by atoms with Crippen LogP contribution in [-0.4, -0.2) is 35.3 Å². The molecule has 39 heavy (non-hydrogen) atoms. The summed E-state index contributed by atoms with van der Waals surface area (Å²) in [5.74, 6) is -0.879. The number of pyridine rings is 1. The van der Waals surface area contributed by atoms with Crippen molar-refractivity contribution in [3.8, 4) is 22.8 Å². The summed E-state index contributed by atoms with van der Waals surface area (Å²) in [4.78, 5) is 34.0. The molecule has 4 aromatic rings. The van der Waals surface area contributed by atoms with Crippen LogP contribution in [0.4, 0.5) is 18.3 Å². The van der Waals surface area contributed by atoms with Gasteiger partial charge < -0.3 is 20.1 Å². The van der Waals surface area contributed by atoms with E-state index in [1.807, 2.05) is 18.2 Å². The second-order valence-electron chi connectivity index (χ2n) is 9.03. The summed E-state index contributed by atoms with van der Waals surface area (Å²) >= 11 is 1.35. The van der Waals surface area contributed by atoms with E-state index in [1.54, 1.807) is 25.3 Å².